The molecule has 1 atom stereocenters. The molecule has 1 saturated heterocycles. The number of amides is 1. The van der Waals surface area contributed by atoms with Gasteiger partial charge in [-0.2, -0.15) is 9.61 Å². The zero-order chi connectivity index (χ0) is 19.3. The van der Waals surface area contributed by atoms with Crippen LogP contribution in [0, 0.1) is 0 Å². The summed E-state index contributed by atoms with van der Waals surface area (Å²) in [6.45, 7) is 5.08. The van der Waals surface area contributed by atoms with Crippen molar-refractivity contribution in [3.05, 3.63) is 48.3 Å². The Kier molecular flexibility index (Phi) is 5.62. The Balaban J connectivity index is 1.40. The van der Waals surface area contributed by atoms with Gasteiger partial charge >= 0.3 is 0 Å². The quantitative estimate of drug-likeness (QED) is 0.668. The molecule has 0 saturated carbocycles. The van der Waals surface area contributed by atoms with Crippen LogP contribution in [0.5, 0.6) is 0 Å². The number of fused-ring (bicyclic) bond motifs is 1. The van der Waals surface area contributed by atoms with Gasteiger partial charge in [0.25, 0.3) is 5.91 Å². The third-order valence-electron chi connectivity index (χ3n) is 5.38. The summed E-state index contributed by atoms with van der Waals surface area (Å²) in [5, 5.41) is 15.6. The van der Waals surface area contributed by atoms with Gasteiger partial charge in [0.05, 0.1) is 5.69 Å². The molecule has 0 aliphatic carbocycles. The highest BCUT2D eigenvalue weighted by atomic mass is 16.2. The molecule has 0 spiro atoms. The van der Waals surface area contributed by atoms with Crippen molar-refractivity contribution in [3.8, 4) is 11.3 Å². The Morgan fingerprint density at radius 2 is 2.00 bits per heavy atom. The van der Waals surface area contributed by atoms with Crippen LogP contribution >= 0.6 is 0 Å². The zero-order valence-corrected chi connectivity index (χ0v) is 16.2. The normalized spacial score (nSPS) is 17.7. The molecule has 2 aromatic heterocycles. The molecular formula is C21H26N6O. The van der Waals surface area contributed by atoms with Gasteiger partial charge in [0.15, 0.2) is 5.65 Å². The smallest absolute Gasteiger partial charge is 0.291 e. The largest absolute Gasteiger partial charge is 0.349 e. The van der Waals surface area contributed by atoms with Crippen LogP contribution in [0.4, 0.5) is 0 Å². The summed E-state index contributed by atoms with van der Waals surface area (Å²) in [5.41, 5.74) is 2.33. The van der Waals surface area contributed by atoms with Crippen molar-refractivity contribution >= 4 is 11.6 Å². The molecule has 3 aromatic rings. The van der Waals surface area contributed by atoms with Crippen LogP contribution in [-0.4, -0.2) is 56.3 Å². The lowest BCUT2D eigenvalue weighted by Crippen LogP contribution is -2.39. The Hall–Kier alpha value is -2.80. The van der Waals surface area contributed by atoms with Gasteiger partial charge in [0.1, 0.15) is 0 Å². The molecule has 28 heavy (non-hydrogen) atoms. The minimum Gasteiger partial charge on any atom is -0.349 e. The molecule has 3 heterocycles. The van der Waals surface area contributed by atoms with E-state index in [0.717, 1.165) is 30.8 Å². The number of hydrogen-bond acceptors (Lipinski definition) is 5. The predicted octanol–water partition coefficient (Wildman–Crippen LogP) is 2.79. The Morgan fingerprint density at radius 1 is 1.14 bits per heavy atom. The van der Waals surface area contributed by atoms with E-state index < -0.39 is 0 Å². The molecule has 7 nitrogen and oxygen atoms in total. The number of carbonyl (C=O) groups is 1. The molecule has 1 unspecified atom stereocenters. The lowest BCUT2D eigenvalue weighted by Gasteiger charge is -2.33. The van der Waals surface area contributed by atoms with Crippen LogP contribution in [0.2, 0.25) is 0 Å². The van der Waals surface area contributed by atoms with E-state index in [-0.39, 0.29) is 11.7 Å². The molecule has 7 heteroatoms. The first kappa shape index (κ1) is 18.6. The van der Waals surface area contributed by atoms with Crippen molar-refractivity contribution in [1.29, 1.82) is 0 Å². The molecule has 1 aliphatic heterocycles. The van der Waals surface area contributed by atoms with Crippen LogP contribution in [-0.2, 0) is 0 Å². The minimum absolute atomic E-state index is 0.221. The molecule has 0 bridgehead atoms. The van der Waals surface area contributed by atoms with Gasteiger partial charge in [-0.25, -0.2) is 0 Å². The molecule has 146 valence electrons. The third kappa shape index (κ3) is 4.04. The molecule has 1 aliphatic rings. The van der Waals surface area contributed by atoms with E-state index >= 15 is 0 Å². The van der Waals surface area contributed by atoms with Crippen LogP contribution in [0.15, 0.2) is 42.5 Å². The fourth-order valence-electron chi connectivity index (χ4n) is 3.75. The zero-order valence-electron chi connectivity index (χ0n) is 16.2. The first-order valence-corrected chi connectivity index (χ1v) is 10.0. The molecule has 1 fully saturated rings. The van der Waals surface area contributed by atoms with Crippen molar-refractivity contribution in [2.75, 3.05) is 19.6 Å². The lowest BCUT2D eigenvalue weighted by atomic mass is 10.0. The summed E-state index contributed by atoms with van der Waals surface area (Å²) in [4.78, 5) is 15.1. The number of carbonyl (C=O) groups excluding carboxylic acids is 1. The second kappa shape index (κ2) is 8.48. The summed E-state index contributed by atoms with van der Waals surface area (Å²) in [6.07, 6.45) is 4.80. The molecule has 1 aromatic carbocycles. The minimum atomic E-state index is -0.239. The highest BCUT2D eigenvalue weighted by molar-refractivity contribution is 5.91. The topological polar surface area (TPSA) is 75.4 Å². The highest BCUT2D eigenvalue weighted by Gasteiger charge is 2.18. The first-order valence-electron chi connectivity index (χ1n) is 10.0. The first-order chi connectivity index (χ1) is 13.7. The number of benzene rings is 1. The van der Waals surface area contributed by atoms with Gasteiger partial charge in [-0.05, 0) is 44.9 Å². The maximum absolute atomic E-state index is 12.6. The molecule has 0 radical (unpaired) electrons. The van der Waals surface area contributed by atoms with E-state index in [4.69, 9.17) is 0 Å². The van der Waals surface area contributed by atoms with Crippen molar-refractivity contribution < 1.29 is 4.79 Å². The van der Waals surface area contributed by atoms with Crippen LogP contribution < -0.4 is 5.32 Å². The van der Waals surface area contributed by atoms with E-state index in [1.165, 1.54) is 23.8 Å². The Morgan fingerprint density at radius 3 is 2.82 bits per heavy atom. The number of piperidine rings is 1. The fraction of sp³-hybridized carbons (Fsp3) is 0.429. The second-order valence-electron chi connectivity index (χ2n) is 7.37. The van der Waals surface area contributed by atoms with E-state index in [1.54, 1.807) is 0 Å². The fourth-order valence-corrected chi connectivity index (χ4v) is 3.75. The molecule has 4 rings (SSSR count). The number of rotatable bonds is 6. The summed E-state index contributed by atoms with van der Waals surface area (Å²) in [6, 6.07) is 14.2. The second-order valence-corrected chi connectivity index (χ2v) is 7.37. The van der Waals surface area contributed by atoms with Gasteiger partial charge in [-0.1, -0.05) is 36.8 Å². The summed E-state index contributed by atoms with van der Waals surface area (Å²) >= 11 is 0. The van der Waals surface area contributed by atoms with Crippen LogP contribution in [0.25, 0.3) is 16.9 Å². The van der Waals surface area contributed by atoms with Crippen molar-refractivity contribution in [2.24, 2.45) is 0 Å². The van der Waals surface area contributed by atoms with Crippen molar-refractivity contribution in [1.82, 2.24) is 30.0 Å². The van der Waals surface area contributed by atoms with E-state index in [9.17, 15) is 4.79 Å². The van der Waals surface area contributed by atoms with E-state index in [2.05, 4.69) is 32.4 Å². The maximum Gasteiger partial charge on any atom is 0.291 e. The van der Waals surface area contributed by atoms with Crippen molar-refractivity contribution in [2.45, 2.75) is 38.6 Å². The van der Waals surface area contributed by atoms with Crippen molar-refractivity contribution in [3.63, 3.8) is 0 Å². The maximum atomic E-state index is 12.6. The number of likely N-dealkylation sites (tertiary alicyclic amines) is 1. The van der Waals surface area contributed by atoms with Gasteiger partial charge < -0.3 is 10.2 Å². The Labute approximate surface area is 164 Å². The van der Waals surface area contributed by atoms with E-state index in [1.807, 2.05) is 42.5 Å². The SMILES string of the molecule is CC1CCCCN1CCCNC(=O)c1nnc2ccc(-c3ccccc3)nn12. The lowest BCUT2D eigenvalue weighted by molar-refractivity contribution is 0.0936. The number of nitrogens with one attached hydrogen (secondary N) is 1. The monoisotopic (exact) mass is 378 g/mol. The molecular weight excluding hydrogens is 352 g/mol. The number of hydrogen-bond donors (Lipinski definition) is 1. The molecule has 1 N–H and O–H groups in total. The van der Waals surface area contributed by atoms with Crippen LogP contribution in [0.3, 0.4) is 0 Å². The Bertz CT molecular complexity index is 938. The molecule has 1 amide bonds. The summed E-state index contributed by atoms with van der Waals surface area (Å²) in [7, 11) is 0. The highest BCUT2D eigenvalue weighted by Crippen LogP contribution is 2.17. The van der Waals surface area contributed by atoms with E-state index in [0.29, 0.717) is 18.2 Å². The predicted molar refractivity (Wildman–Crippen MR) is 108 cm³/mol. The van der Waals surface area contributed by atoms with Gasteiger partial charge in [-0.15, -0.1) is 10.2 Å². The van der Waals surface area contributed by atoms with Gasteiger partial charge in [0.2, 0.25) is 5.82 Å². The van der Waals surface area contributed by atoms with Gasteiger partial charge in [0, 0.05) is 24.7 Å². The number of aromatic nitrogens is 4. The third-order valence-corrected chi connectivity index (χ3v) is 5.38. The van der Waals surface area contributed by atoms with Gasteiger partial charge in [-0.3, -0.25) is 4.79 Å². The average Bonchev–Trinajstić information content (AvgIpc) is 3.16. The summed E-state index contributed by atoms with van der Waals surface area (Å²) < 4.78 is 1.52. The number of nitrogens with zero attached hydrogens (tertiary/aromatic N) is 5. The standard InChI is InChI=1S/C21H26N6O/c1-16-8-5-6-14-26(16)15-7-13-22-21(28)20-24-23-19-12-11-18(25-27(19)20)17-9-3-2-4-10-17/h2-4,9-12,16H,5-8,13-15H2,1H3,(H,22,28). The summed E-state index contributed by atoms with van der Waals surface area (Å²) in [5.74, 6) is -0.0176. The average molecular weight is 378 g/mol. The van der Waals surface area contributed by atoms with Crippen LogP contribution in [0.1, 0.15) is 43.2 Å².